The predicted molar refractivity (Wildman–Crippen MR) is 82.5 cm³/mol. The van der Waals surface area contributed by atoms with Gasteiger partial charge in [-0.2, -0.15) is 0 Å². The zero-order valence-corrected chi connectivity index (χ0v) is 11.4. The Balaban J connectivity index is 2.09. The van der Waals surface area contributed by atoms with E-state index in [0.29, 0.717) is 0 Å². The molecule has 0 unspecified atom stereocenters. The van der Waals surface area contributed by atoms with E-state index in [1.165, 1.54) is 16.5 Å². The molecule has 1 nitrogen and oxygen atoms in total. The Kier molecular flexibility index (Phi) is 3.14. The molecule has 0 amide bonds. The summed E-state index contributed by atoms with van der Waals surface area (Å²) >= 11 is 5.94. The van der Waals surface area contributed by atoms with Crippen LogP contribution in [0.15, 0.2) is 60.7 Å². The third-order valence-corrected chi connectivity index (χ3v) is 3.52. The van der Waals surface area contributed by atoms with Gasteiger partial charge in [-0.25, -0.2) is 0 Å². The van der Waals surface area contributed by atoms with Gasteiger partial charge in [-0.15, -0.1) is 0 Å². The molecule has 1 heterocycles. The van der Waals surface area contributed by atoms with E-state index in [2.05, 4.69) is 42.2 Å². The molecule has 0 fully saturated rings. The molecule has 2 aromatic carbocycles. The number of fused-ring (bicyclic) bond motifs is 1. The normalized spacial score (nSPS) is 12.0. The number of H-pyrrole nitrogens is 1. The average Bonchev–Trinajstić information content (AvgIpc) is 2.85. The van der Waals surface area contributed by atoms with Crippen molar-refractivity contribution in [2.24, 2.45) is 0 Å². The molecule has 1 N–H and O–H groups in total. The van der Waals surface area contributed by atoms with E-state index >= 15 is 0 Å². The molecule has 0 aliphatic carbocycles. The first-order chi connectivity index (χ1) is 9.28. The second-order valence-electron chi connectivity index (χ2n) is 4.48. The van der Waals surface area contributed by atoms with Crippen molar-refractivity contribution in [3.63, 3.8) is 0 Å². The molecule has 0 spiro atoms. The highest BCUT2D eigenvalue weighted by molar-refractivity contribution is 6.30. The second kappa shape index (κ2) is 4.94. The zero-order valence-electron chi connectivity index (χ0n) is 10.7. The first kappa shape index (κ1) is 12.1. The quantitative estimate of drug-likeness (QED) is 0.651. The van der Waals surface area contributed by atoms with Gasteiger partial charge < -0.3 is 4.98 Å². The molecule has 0 atom stereocenters. The van der Waals surface area contributed by atoms with Gasteiger partial charge in [-0.3, -0.25) is 0 Å². The summed E-state index contributed by atoms with van der Waals surface area (Å²) in [6.45, 7) is 2.05. The number of aromatic nitrogens is 1. The molecule has 0 aliphatic rings. The fraction of sp³-hybridized carbons (Fsp3) is 0.0588. The molecule has 1 aromatic heterocycles. The van der Waals surface area contributed by atoms with Crippen molar-refractivity contribution in [1.82, 2.24) is 4.98 Å². The summed E-state index contributed by atoms with van der Waals surface area (Å²) in [6, 6.07) is 18.4. The van der Waals surface area contributed by atoms with Gasteiger partial charge in [0, 0.05) is 27.2 Å². The number of benzene rings is 2. The standard InChI is InChI=1S/C17H14ClN/c1-2-15(12-7-9-14(18)10-8-12)17-11-13-5-3-4-6-16(13)19-17/h2-11,19H,1H3/b15-2+. The van der Waals surface area contributed by atoms with Crippen LogP contribution < -0.4 is 0 Å². The number of hydrogen-bond acceptors (Lipinski definition) is 0. The van der Waals surface area contributed by atoms with Crippen molar-refractivity contribution in [1.29, 1.82) is 0 Å². The van der Waals surface area contributed by atoms with Gasteiger partial charge in [-0.1, -0.05) is 48.0 Å². The molecular weight excluding hydrogens is 254 g/mol. The molecule has 0 saturated heterocycles. The van der Waals surface area contributed by atoms with Crippen molar-refractivity contribution < 1.29 is 0 Å². The third-order valence-electron chi connectivity index (χ3n) is 3.26. The molecule has 0 aliphatic heterocycles. The maximum Gasteiger partial charge on any atom is 0.0467 e. The van der Waals surface area contributed by atoms with Crippen molar-refractivity contribution in [3.8, 4) is 0 Å². The Morgan fingerprint density at radius 3 is 2.47 bits per heavy atom. The number of allylic oxidation sites excluding steroid dienone is 1. The van der Waals surface area contributed by atoms with E-state index in [1.807, 2.05) is 30.3 Å². The van der Waals surface area contributed by atoms with Crippen LogP contribution in [0.4, 0.5) is 0 Å². The van der Waals surface area contributed by atoms with Crippen LogP contribution in [0.5, 0.6) is 0 Å². The number of hydrogen-bond donors (Lipinski definition) is 1. The molecule has 19 heavy (non-hydrogen) atoms. The van der Waals surface area contributed by atoms with Crippen LogP contribution in [0, 0.1) is 0 Å². The zero-order chi connectivity index (χ0) is 13.2. The van der Waals surface area contributed by atoms with Crippen LogP contribution in [0.3, 0.4) is 0 Å². The minimum absolute atomic E-state index is 0.760. The van der Waals surface area contributed by atoms with E-state index < -0.39 is 0 Å². The Morgan fingerprint density at radius 2 is 1.79 bits per heavy atom. The smallest absolute Gasteiger partial charge is 0.0467 e. The maximum atomic E-state index is 5.94. The first-order valence-corrected chi connectivity index (χ1v) is 6.66. The number of rotatable bonds is 2. The number of nitrogens with one attached hydrogen (secondary N) is 1. The van der Waals surface area contributed by atoms with Gasteiger partial charge in [0.05, 0.1) is 0 Å². The Morgan fingerprint density at radius 1 is 1.05 bits per heavy atom. The van der Waals surface area contributed by atoms with Gasteiger partial charge in [0.2, 0.25) is 0 Å². The van der Waals surface area contributed by atoms with Gasteiger partial charge in [0.15, 0.2) is 0 Å². The minimum atomic E-state index is 0.760. The van der Waals surface area contributed by atoms with Gasteiger partial charge in [0.25, 0.3) is 0 Å². The Labute approximate surface area is 117 Å². The maximum absolute atomic E-state index is 5.94. The lowest BCUT2D eigenvalue weighted by molar-refractivity contribution is 1.38. The van der Waals surface area contributed by atoms with E-state index in [4.69, 9.17) is 11.6 Å². The van der Waals surface area contributed by atoms with E-state index in [1.54, 1.807) is 0 Å². The van der Waals surface area contributed by atoms with E-state index in [-0.39, 0.29) is 0 Å². The molecule has 2 heteroatoms. The highest BCUT2D eigenvalue weighted by Crippen LogP contribution is 2.27. The van der Waals surface area contributed by atoms with Crippen molar-refractivity contribution in [2.45, 2.75) is 6.92 Å². The summed E-state index contributed by atoms with van der Waals surface area (Å²) in [6.07, 6.45) is 2.12. The summed E-state index contributed by atoms with van der Waals surface area (Å²) in [5, 5.41) is 1.99. The molecule has 94 valence electrons. The largest absolute Gasteiger partial charge is 0.355 e. The number of aromatic amines is 1. The molecule has 3 rings (SSSR count). The Hall–Kier alpha value is -1.99. The lowest BCUT2D eigenvalue weighted by Gasteiger charge is -2.05. The van der Waals surface area contributed by atoms with Crippen LogP contribution in [-0.4, -0.2) is 4.98 Å². The summed E-state index contributed by atoms with van der Waals surface area (Å²) in [7, 11) is 0. The summed E-state index contributed by atoms with van der Waals surface area (Å²) in [5.41, 5.74) is 4.64. The summed E-state index contributed by atoms with van der Waals surface area (Å²) < 4.78 is 0. The van der Waals surface area contributed by atoms with Crippen LogP contribution >= 0.6 is 11.6 Å². The number of halogens is 1. The molecule has 3 aromatic rings. The topological polar surface area (TPSA) is 15.8 Å². The predicted octanol–water partition coefficient (Wildman–Crippen LogP) is 5.27. The number of para-hydroxylation sites is 1. The first-order valence-electron chi connectivity index (χ1n) is 6.28. The summed E-state index contributed by atoms with van der Waals surface area (Å²) in [4.78, 5) is 3.46. The molecule has 0 radical (unpaired) electrons. The van der Waals surface area contributed by atoms with Gasteiger partial charge in [0.1, 0.15) is 0 Å². The fourth-order valence-electron chi connectivity index (χ4n) is 2.33. The highest BCUT2D eigenvalue weighted by Gasteiger charge is 2.07. The third kappa shape index (κ3) is 2.29. The summed E-state index contributed by atoms with van der Waals surface area (Å²) in [5.74, 6) is 0. The molecule has 0 bridgehead atoms. The van der Waals surface area contributed by atoms with Crippen LogP contribution in [0.1, 0.15) is 18.2 Å². The lowest BCUT2D eigenvalue weighted by Crippen LogP contribution is -1.87. The van der Waals surface area contributed by atoms with Crippen molar-refractivity contribution >= 4 is 28.1 Å². The molecular formula is C17H14ClN. The average molecular weight is 268 g/mol. The SMILES string of the molecule is C/C=C(\c1ccc(Cl)cc1)c1cc2ccccc2[nH]1. The fourth-order valence-corrected chi connectivity index (χ4v) is 2.45. The van der Waals surface area contributed by atoms with Crippen LogP contribution in [0.2, 0.25) is 5.02 Å². The lowest BCUT2D eigenvalue weighted by atomic mass is 10.0. The van der Waals surface area contributed by atoms with Crippen molar-refractivity contribution in [2.75, 3.05) is 0 Å². The second-order valence-corrected chi connectivity index (χ2v) is 4.92. The van der Waals surface area contributed by atoms with Crippen molar-refractivity contribution in [3.05, 3.63) is 77.0 Å². The van der Waals surface area contributed by atoms with Crippen LogP contribution in [0.25, 0.3) is 16.5 Å². The van der Waals surface area contributed by atoms with Crippen LogP contribution in [-0.2, 0) is 0 Å². The van der Waals surface area contributed by atoms with E-state index in [9.17, 15) is 0 Å². The van der Waals surface area contributed by atoms with Gasteiger partial charge >= 0.3 is 0 Å². The van der Waals surface area contributed by atoms with Gasteiger partial charge in [-0.05, 0) is 36.8 Å². The highest BCUT2D eigenvalue weighted by atomic mass is 35.5. The Bertz CT molecular complexity index is 702. The molecule has 0 saturated carbocycles. The monoisotopic (exact) mass is 267 g/mol. The van der Waals surface area contributed by atoms with E-state index in [0.717, 1.165) is 16.2 Å². The minimum Gasteiger partial charge on any atom is -0.355 e.